The normalized spacial score (nSPS) is 12.8. The van der Waals surface area contributed by atoms with E-state index in [0.29, 0.717) is 0 Å². The van der Waals surface area contributed by atoms with Crippen LogP contribution in [-0.2, 0) is 0 Å². The van der Waals surface area contributed by atoms with Crippen molar-refractivity contribution in [1.29, 1.82) is 0 Å². The molecule has 0 fully saturated rings. The van der Waals surface area contributed by atoms with Gasteiger partial charge in [-0.25, -0.2) is 0 Å². The summed E-state index contributed by atoms with van der Waals surface area (Å²) in [5.41, 5.74) is 1.05. The predicted molar refractivity (Wildman–Crippen MR) is 77.7 cm³/mol. The maximum atomic E-state index is 10.2. The van der Waals surface area contributed by atoms with Gasteiger partial charge in [-0.2, -0.15) is 0 Å². The van der Waals surface area contributed by atoms with Crippen molar-refractivity contribution < 1.29 is 5.11 Å². The lowest BCUT2D eigenvalue weighted by Gasteiger charge is -2.11. The Bertz CT molecular complexity index is 490. The summed E-state index contributed by atoms with van der Waals surface area (Å²) in [6, 6.07) is 14.5. The number of hydrogen-bond donors (Lipinski definition) is 1. The minimum atomic E-state index is -0.313. The molecule has 0 aliphatic heterocycles. The van der Waals surface area contributed by atoms with E-state index in [0.717, 1.165) is 18.4 Å². The third kappa shape index (κ3) is 3.33. The molecule has 0 aliphatic carbocycles. The van der Waals surface area contributed by atoms with Crippen LogP contribution in [0.25, 0.3) is 10.8 Å². The molecule has 1 heteroatoms. The average molecular weight is 242 g/mol. The Kier molecular flexibility index (Phi) is 4.77. The summed E-state index contributed by atoms with van der Waals surface area (Å²) in [5, 5.41) is 12.6. The van der Waals surface area contributed by atoms with Crippen molar-refractivity contribution >= 4 is 10.8 Å². The summed E-state index contributed by atoms with van der Waals surface area (Å²) in [6.07, 6.45) is 5.41. The lowest BCUT2D eigenvalue weighted by molar-refractivity contribution is 0.163. The zero-order valence-corrected chi connectivity index (χ0v) is 11.1. The Morgan fingerprint density at radius 1 is 0.944 bits per heavy atom. The van der Waals surface area contributed by atoms with Gasteiger partial charge >= 0.3 is 0 Å². The molecular weight excluding hydrogens is 220 g/mol. The van der Waals surface area contributed by atoms with E-state index in [4.69, 9.17) is 0 Å². The summed E-state index contributed by atoms with van der Waals surface area (Å²) < 4.78 is 0. The van der Waals surface area contributed by atoms with Crippen molar-refractivity contribution in [2.24, 2.45) is 0 Å². The fraction of sp³-hybridized carbons (Fsp3) is 0.412. The van der Waals surface area contributed by atoms with Crippen molar-refractivity contribution in [1.82, 2.24) is 0 Å². The molecule has 0 radical (unpaired) electrons. The van der Waals surface area contributed by atoms with Gasteiger partial charge in [0.1, 0.15) is 0 Å². The summed E-state index contributed by atoms with van der Waals surface area (Å²) in [4.78, 5) is 0. The first-order valence-corrected chi connectivity index (χ1v) is 6.98. The highest BCUT2D eigenvalue weighted by atomic mass is 16.3. The van der Waals surface area contributed by atoms with E-state index in [1.807, 2.05) is 18.2 Å². The molecule has 1 N–H and O–H groups in total. The van der Waals surface area contributed by atoms with Gasteiger partial charge in [-0.05, 0) is 28.8 Å². The van der Waals surface area contributed by atoms with E-state index >= 15 is 0 Å². The zero-order valence-electron chi connectivity index (χ0n) is 11.1. The molecule has 0 amide bonds. The average Bonchev–Trinajstić information content (AvgIpc) is 2.43. The van der Waals surface area contributed by atoms with Crippen molar-refractivity contribution in [2.45, 2.75) is 45.1 Å². The van der Waals surface area contributed by atoms with Crippen molar-refractivity contribution in [3.8, 4) is 0 Å². The second kappa shape index (κ2) is 6.55. The molecule has 18 heavy (non-hydrogen) atoms. The first-order valence-electron chi connectivity index (χ1n) is 6.98. The van der Waals surface area contributed by atoms with Crippen LogP contribution in [0.4, 0.5) is 0 Å². The molecule has 1 nitrogen and oxygen atoms in total. The molecule has 0 heterocycles. The van der Waals surface area contributed by atoms with Gasteiger partial charge in [-0.1, -0.05) is 69.0 Å². The van der Waals surface area contributed by atoms with Crippen LogP contribution >= 0.6 is 0 Å². The number of benzene rings is 2. The van der Waals surface area contributed by atoms with Crippen LogP contribution in [0.5, 0.6) is 0 Å². The Morgan fingerprint density at radius 2 is 1.72 bits per heavy atom. The molecule has 0 bridgehead atoms. The molecule has 0 saturated carbocycles. The molecule has 2 aromatic rings. The van der Waals surface area contributed by atoms with Gasteiger partial charge in [0.25, 0.3) is 0 Å². The summed E-state index contributed by atoms with van der Waals surface area (Å²) >= 11 is 0. The van der Waals surface area contributed by atoms with Crippen LogP contribution in [0.1, 0.15) is 50.7 Å². The first kappa shape index (κ1) is 13.1. The minimum absolute atomic E-state index is 0.313. The molecule has 0 aliphatic rings. The van der Waals surface area contributed by atoms with E-state index in [1.165, 1.54) is 30.0 Å². The van der Waals surface area contributed by atoms with E-state index in [1.54, 1.807) is 0 Å². The van der Waals surface area contributed by atoms with Crippen LogP contribution in [0.15, 0.2) is 42.5 Å². The molecule has 0 saturated heterocycles. The number of aliphatic hydroxyl groups is 1. The SMILES string of the molecule is CCCCCCC(O)c1ccc2ccccc2c1. The van der Waals surface area contributed by atoms with Gasteiger partial charge in [0.05, 0.1) is 6.10 Å². The summed E-state index contributed by atoms with van der Waals surface area (Å²) in [5.74, 6) is 0. The molecule has 96 valence electrons. The summed E-state index contributed by atoms with van der Waals surface area (Å²) in [7, 11) is 0. The lowest BCUT2D eigenvalue weighted by atomic mass is 9.99. The smallest absolute Gasteiger partial charge is 0.0790 e. The molecule has 2 rings (SSSR count). The van der Waals surface area contributed by atoms with Gasteiger partial charge in [0.2, 0.25) is 0 Å². The summed E-state index contributed by atoms with van der Waals surface area (Å²) in [6.45, 7) is 2.21. The maximum absolute atomic E-state index is 10.2. The zero-order chi connectivity index (χ0) is 12.8. The number of rotatable bonds is 6. The molecule has 1 atom stereocenters. The van der Waals surface area contributed by atoms with E-state index in [-0.39, 0.29) is 6.10 Å². The maximum Gasteiger partial charge on any atom is 0.0790 e. The third-order valence-corrected chi connectivity index (χ3v) is 3.49. The topological polar surface area (TPSA) is 20.2 Å². The molecule has 2 aromatic carbocycles. The Balaban J connectivity index is 2.01. The highest BCUT2D eigenvalue weighted by molar-refractivity contribution is 5.83. The van der Waals surface area contributed by atoms with Crippen molar-refractivity contribution in [3.63, 3.8) is 0 Å². The van der Waals surface area contributed by atoms with Gasteiger partial charge in [0, 0.05) is 0 Å². The number of aliphatic hydroxyl groups excluding tert-OH is 1. The van der Waals surface area contributed by atoms with E-state index < -0.39 is 0 Å². The van der Waals surface area contributed by atoms with Crippen LogP contribution in [0.2, 0.25) is 0 Å². The molecule has 0 aromatic heterocycles. The van der Waals surface area contributed by atoms with Gasteiger partial charge in [0.15, 0.2) is 0 Å². The second-order valence-corrected chi connectivity index (χ2v) is 4.97. The number of unbranched alkanes of at least 4 members (excludes halogenated alkanes) is 3. The fourth-order valence-electron chi connectivity index (χ4n) is 2.35. The Hall–Kier alpha value is -1.34. The van der Waals surface area contributed by atoms with E-state index in [2.05, 4.69) is 31.2 Å². The fourth-order valence-corrected chi connectivity index (χ4v) is 2.35. The minimum Gasteiger partial charge on any atom is -0.388 e. The molecular formula is C17H22O. The third-order valence-electron chi connectivity index (χ3n) is 3.49. The quantitative estimate of drug-likeness (QED) is 0.718. The van der Waals surface area contributed by atoms with E-state index in [9.17, 15) is 5.11 Å². The molecule has 0 spiro atoms. The standard InChI is InChI=1S/C17H22O/c1-2-3-4-5-10-17(18)16-12-11-14-8-6-7-9-15(14)13-16/h6-9,11-13,17-18H,2-5,10H2,1H3. The Morgan fingerprint density at radius 3 is 2.50 bits per heavy atom. The first-order chi connectivity index (χ1) is 8.81. The second-order valence-electron chi connectivity index (χ2n) is 4.97. The monoisotopic (exact) mass is 242 g/mol. The Labute approximate surface area is 109 Å². The van der Waals surface area contributed by atoms with Crippen LogP contribution < -0.4 is 0 Å². The van der Waals surface area contributed by atoms with Crippen LogP contribution in [0, 0.1) is 0 Å². The van der Waals surface area contributed by atoms with Gasteiger partial charge < -0.3 is 5.11 Å². The predicted octanol–water partition coefficient (Wildman–Crippen LogP) is 4.84. The number of hydrogen-bond acceptors (Lipinski definition) is 1. The largest absolute Gasteiger partial charge is 0.388 e. The molecule has 1 unspecified atom stereocenters. The van der Waals surface area contributed by atoms with Gasteiger partial charge in [-0.3, -0.25) is 0 Å². The van der Waals surface area contributed by atoms with Crippen LogP contribution in [0.3, 0.4) is 0 Å². The van der Waals surface area contributed by atoms with Gasteiger partial charge in [-0.15, -0.1) is 0 Å². The highest BCUT2D eigenvalue weighted by Crippen LogP contribution is 2.24. The number of fused-ring (bicyclic) bond motifs is 1. The lowest BCUT2D eigenvalue weighted by Crippen LogP contribution is -1.97. The van der Waals surface area contributed by atoms with Crippen molar-refractivity contribution in [3.05, 3.63) is 48.0 Å². The van der Waals surface area contributed by atoms with Crippen LogP contribution in [-0.4, -0.2) is 5.11 Å². The highest BCUT2D eigenvalue weighted by Gasteiger charge is 2.07. The van der Waals surface area contributed by atoms with Crippen molar-refractivity contribution in [2.75, 3.05) is 0 Å².